The van der Waals surface area contributed by atoms with Gasteiger partial charge in [0.1, 0.15) is 12.1 Å². The van der Waals surface area contributed by atoms with Crippen molar-refractivity contribution in [1.82, 2.24) is 24.8 Å². The lowest BCUT2D eigenvalue weighted by molar-refractivity contribution is -0.129. The number of benzene rings is 1. The van der Waals surface area contributed by atoms with E-state index in [9.17, 15) is 4.79 Å². The van der Waals surface area contributed by atoms with Gasteiger partial charge in [-0.3, -0.25) is 4.79 Å². The molecule has 3 heterocycles. The fourth-order valence-corrected chi connectivity index (χ4v) is 4.03. The van der Waals surface area contributed by atoms with E-state index in [1.54, 1.807) is 6.92 Å². The van der Waals surface area contributed by atoms with Gasteiger partial charge in [-0.15, -0.1) is 0 Å². The molecule has 1 aliphatic rings. The summed E-state index contributed by atoms with van der Waals surface area (Å²) in [5, 5.41) is 8.40. The number of piperidine rings is 1. The highest BCUT2D eigenvalue weighted by Gasteiger charge is 2.23. The van der Waals surface area contributed by atoms with E-state index in [1.165, 1.54) is 6.33 Å². The van der Waals surface area contributed by atoms with E-state index in [4.69, 9.17) is 22.3 Å². The first kappa shape index (κ1) is 21.0. The lowest BCUT2D eigenvalue weighted by Gasteiger charge is -2.32. The van der Waals surface area contributed by atoms with Crippen LogP contribution < -0.4 is 16.4 Å². The Kier molecular flexibility index (Phi) is 6.03. The van der Waals surface area contributed by atoms with Gasteiger partial charge in [0.25, 0.3) is 0 Å². The van der Waals surface area contributed by atoms with E-state index in [-0.39, 0.29) is 23.9 Å². The molecule has 10 heteroatoms. The van der Waals surface area contributed by atoms with Gasteiger partial charge >= 0.3 is 0 Å². The van der Waals surface area contributed by atoms with Crippen LogP contribution in [0.4, 0.5) is 17.7 Å². The van der Waals surface area contributed by atoms with Crippen LogP contribution in [0.5, 0.6) is 0 Å². The van der Waals surface area contributed by atoms with Gasteiger partial charge in [0.15, 0.2) is 0 Å². The van der Waals surface area contributed by atoms with Gasteiger partial charge < -0.3 is 21.3 Å². The Bertz CT molecular complexity index is 1100. The second-order valence-corrected chi connectivity index (χ2v) is 8.10. The number of halogens is 1. The Hall–Kier alpha value is -3.20. The molecule has 31 heavy (non-hydrogen) atoms. The summed E-state index contributed by atoms with van der Waals surface area (Å²) in [6.45, 7) is 5.08. The summed E-state index contributed by atoms with van der Waals surface area (Å²) in [5.74, 6) is 1.42. The highest BCUT2D eigenvalue weighted by molar-refractivity contribution is 6.35. The molecule has 3 aromatic rings. The number of hydrogen-bond donors (Lipinski definition) is 3. The van der Waals surface area contributed by atoms with Crippen LogP contribution in [0.25, 0.3) is 10.9 Å². The molecular weight excluding hydrogens is 416 g/mol. The number of carbonyl (C=O) groups excluding carboxylic acids is 1. The summed E-state index contributed by atoms with van der Waals surface area (Å²) in [6, 6.07) is 7.86. The van der Waals surface area contributed by atoms with Gasteiger partial charge in [-0.1, -0.05) is 23.7 Å². The van der Waals surface area contributed by atoms with E-state index in [1.807, 2.05) is 30.0 Å². The van der Waals surface area contributed by atoms with Crippen LogP contribution >= 0.6 is 11.6 Å². The highest BCUT2D eigenvalue weighted by Crippen LogP contribution is 2.31. The Morgan fingerprint density at radius 2 is 2.03 bits per heavy atom. The first-order valence-electron chi connectivity index (χ1n) is 10.2. The molecule has 1 atom stereocenters. The number of anilines is 3. The van der Waals surface area contributed by atoms with Crippen molar-refractivity contribution in [3.63, 3.8) is 0 Å². The van der Waals surface area contributed by atoms with Crippen LogP contribution in [0.3, 0.4) is 0 Å². The molecule has 4 rings (SSSR count). The maximum absolute atomic E-state index is 11.6. The SMILES string of the molecule is CC(=O)N1CCC(Nc2nc3c(Cl)cccc3cc2[C@H](C)Nc2ncnc(N)n2)CC1. The van der Waals surface area contributed by atoms with E-state index in [0.717, 1.165) is 48.2 Å². The van der Waals surface area contributed by atoms with Crippen molar-refractivity contribution in [2.24, 2.45) is 0 Å². The molecule has 0 radical (unpaired) electrons. The number of pyridine rings is 1. The zero-order chi connectivity index (χ0) is 22.0. The number of aromatic nitrogens is 4. The van der Waals surface area contributed by atoms with Crippen molar-refractivity contribution >= 4 is 46.1 Å². The van der Waals surface area contributed by atoms with Gasteiger partial charge in [0.2, 0.25) is 17.8 Å². The van der Waals surface area contributed by atoms with E-state index in [2.05, 4.69) is 31.7 Å². The summed E-state index contributed by atoms with van der Waals surface area (Å²) >= 11 is 6.41. The standard InChI is InChI=1S/C21H25ClN8O/c1-12(26-21-25-11-24-20(23)29-21)16-10-14-4-3-5-17(22)18(14)28-19(16)27-15-6-8-30(9-7-15)13(2)31/h3-5,10-12,15H,6-9H2,1-2H3,(H,27,28)(H3,23,24,25,26,29)/t12-/m0/s1. The summed E-state index contributed by atoms with van der Waals surface area (Å²) in [7, 11) is 0. The molecule has 1 aromatic carbocycles. The number of rotatable bonds is 5. The molecular formula is C21H25ClN8O. The predicted molar refractivity (Wildman–Crippen MR) is 122 cm³/mol. The maximum Gasteiger partial charge on any atom is 0.227 e. The zero-order valence-corrected chi connectivity index (χ0v) is 18.2. The van der Waals surface area contributed by atoms with Crippen LogP contribution in [0.2, 0.25) is 5.02 Å². The molecule has 162 valence electrons. The molecule has 0 spiro atoms. The fraction of sp³-hybridized carbons (Fsp3) is 0.381. The smallest absolute Gasteiger partial charge is 0.227 e. The zero-order valence-electron chi connectivity index (χ0n) is 17.5. The second kappa shape index (κ2) is 8.89. The minimum absolute atomic E-state index is 0.115. The molecule has 9 nitrogen and oxygen atoms in total. The average molecular weight is 441 g/mol. The topological polar surface area (TPSA) is 122 Å². The highest BCUT2D eigenvalue weighted by atomic mass is 35.5. The molecule has 4 N–H and O–H groups in total. The molecule has 1 saturated heterocycles. The quantitative estimate of drug-likeness (QED) is 0.552. The molecule has 0 unspecified atom stereocenters. The van der Waals surface area contributed by atoms with Gasteiger partial charge in [0.05, 0.1) is 16.6 Å². The van der Waals surface area contributed by atoms with Crippen LogP contribution in [-0.2, 0) is 4.79 Å². The average Bonchev–Trinajstić information content (AvgIpc) is 2.74. The first-order valence-corrected chi connectivity index (χ1v) is 10.6. The summed E-state index contributed by atoms with van der Waals surface area (Å²) in [5.41, 5.74) is 7.39. The number of nitrogens with one attached hydrogen (secondary N) is 2. The summed E-state index contributed by atoms with van der Waals surface area (Å²) in [6.07, 6.45) is 3.08. The molecule has 0 saturated carbocycles. The Labute approximate surface area is 185 Å². The number of amides is 1. The van der Waals surface area contributed by atoms with Gasteiger partial charge in [-0.2, -0.15) is 4.98 Å². The molecule has 1 aliphatic heterocycles. The number of nitrogen functional groups attached to an aromatic ring is 1. The van der Waals surface area contributed by atoms with Crippen molar-refractivity contribution in [3.05, 3.63) is 41.2 Å². The van der Waals surface area contributed by atoms with Crippen LogP contribution in [0.15, 0.2) is 30.6 Å². The van der Waals surface area contributed by atoms with Crippen molar-refractivity contribution in [2.75, 3.05) is 29.5 Å². The largest absolute Gasteiger partial charge is 0.368 e. The number of hydrogen-bond acceptors (Lipinski definition) is 8. The van der Waals surface area contributed by atoms with Crippen molar-refractivity contribution < 1.29 is 4.79 Å². The second-order valence-electron chi connectivity index (χ2n) is 7.70. The number of nitrogens with two attached hydrogens (primary N) is 1. The Morgan fingerprint density at radius 1 is 1.26 bits per heavy atom. The third-order valence-corrected chi connectivity index (χ3v) is 5.81. The molecule has 2 aromatic heterocycles. The third kappa shape index (κ3) is 4.77. The van der Waals surface area contributed by atoms with Crippen LogP contribution in [-0.4, -0.2) is 49.9 Å². The van der Waals surface area contributed by atoms with Crippen LogP contribution in [0, 0.1) is 0 Å². The van der Waals surface area contributed by atoms with Crippen LogP contribution in [0.1, 0.15) is 38.3 Å². The number of likely N-dealkylation sites (tertiary alicyclic amines) is 1. The molecule has 1 amide bonds. The Balaban J connectivity index is 1.63. The number of carbonyl (C=O) groups is 1. The minimum Gasteiger partial charge on any atom is -0.368 e. The van der Waals surface area contributed by atoms with Gasteiger partial charge in [-0.05, 0) is 31.9 Å². The van der Waals surface area contributed by atoms with E-state index < -0.39 is 0 Å². The third-order valence-electron chi connectivity index (χ3n) is 5.51. The van der Waals surface area contributed by atoms with E-state index in [0.29, 0.717) is 11.0 Å². The first-order chi connectivity index (χ1) is 14.9. The minimum atomic E-state index is -0.155. The summed E-state index contributed by atoms with van der Waals surface area (Å²) < 4.78 is 0. The van der Waals surface area contributed by atoms with E-state index >= 15 is 0 Å². The molecule has 0 aliphatic carbocycles. The van der Waals surface area contributed by atoms with Gasteiger partial charge in [-0.25, -0.2) is 15.0 Å². The number of para-hydroxylation sites is 1. The number of nitrogens with zero attached hydrogens (tertiary/aromatic N) is 5. The predicted octanol–water partition coefficient (Wildman–Crippen LogP) is 3.25. The Morgan fingerprint density at radius 3 is 2.74 bits per heavy atom. The maximum atomic E-state index is 11.6. The number of fused-ring (bicyclic) bond motifs is 1. The monoisotopic (exact) mass is 440 g/mol. The summed E-state index contributed by atoms with van der Waals surface area (Å²) in [4.78, 5) is 30.5. The normalized spacial score (nSPS) is 15.6. The van der Waals surface area contributed by atoms with Crippen molar-refractivity contribution in [2.45, 2.75) is 38.8 Å². The molecule has 0 bridgehead atoms. The van der Waals surface area contributed by atoms with Crippen molar-refractivity contribution in [1.29, 1.82) is 0 Å². The lowest BCUT2D eigenvalue weighted by Crippen LogP contribution is -2.41. The van der Waals surface area contributed by atoms with Gasteiger partial charge in [0, 0.05) is 37.0 Å². The lowest BCUT2D eigenvalue weighted by atomic mass is 10.0. The fourth-order valence-electron chi connectivity index (χ4n) is 3.81. The van der Waals surface area contributed by atoms with Crippen molar-refractivity contribution in [3.8, 4) is 0 Å². The molecule has 1 fully saturated rings.